The summed E-state index contributed by atoms with van der Waals surface area (Å²) >= 11 is 0.880. The molecule has 2 aliphatic rings. The fraction of sp³-hybridized carbons (Fsp3) is 0.476. The van der Waals surface area contributed by atoms with E-state index >= 15 is 0 Å². The number of carbonyl (C=O) groups is 3. The van der Waals surface area contributed by atoms with E-state index in [-0.39, 0.29) is 18.6 Å². The Hall–Kier alpha value is -2.28. The zero-order chi connectivity index (χ0) is 20.1. The second-order valence-corrected chi connectivity index (χ2v) is 8.11. The average molecular weight is 403 g/mol. The highest BCUT2D eigenvalue weighted by Crippen LogP contribution is 2.32. The Morgan fingerprint density at radius 2 is 1.86 bits per heavy atom. The SMILES string of the molecule is CC[C@H](C)Oc1ccc(/C=C2\SC(=O)N(CC(=O)N3CCCCC3)C2=O)cc1. The normalized spacial score (nSPS) is 20.0. The van der Waals surface area contributed by atoms with Crippen molar-refractivity contribution < 1.29 is 19.1 Å². The molecule has 3 rings (SSSR count). The molecule has 2 saturated heterocycles. The number of hydrogen-bond donors (Lipinski definition) is 0. The van der Waals surface area contributed by atoms with E-state index in [0.717, 1.165) is 53.7 Å². The molecule has 6 nitrogen and oxygen atoms in total. The first kappa shape index (κ1) is 20.5. The van der Waals surface area contributed by atoms with E-state index in [1.54, 1.807) is 11.0 Å². The number of ether oxygens (including phenoxy) is 1. The van der Waals surface area contributed by atoms with Crippen LogP contribution in [0.1, 0.15) is 45.1 Å². The third kappa shape index (κ3) is 4.95. The van der Waals surface area contributed by atoms with E-state index < -0.39 is 11.1 Å². The number of amides is 3. The van der Waals surface area contributed by atoms with Crippen molar-refractivity contribution >= 4 is 34.9 Å². The Morgan fingerprint density at radius 3 is 2.50 bits per heavy atom. The summed E-state index contributed by atoms with van der Waals surface area (Å²) < 4.78 is 5.75. The molecule has 2 aliphatic heterocycles. The van der Waals surface area contributed by atoms with Gasteiger partial charge in [-0.2, -0.15) is 0 Å². The largest absolute Gasteiger partial charge is 0.491 e. The van der Waals surface area contributed by atoms with Crippen LogP contribution in [0.3, 0.4) is 0 Å². The van der Waals surface area contributed by atoms with Crippen molar-refractivity contribution in [3.8, 4) is 5.75 Å². The molecule has 0 radical (unpaired) electrons. The van der Waals surface area contributed by atoms with Gasteiger partial charge in [-0.15, -0.1) is 0 Å². The summed E-state index contributed by atoms with van der Waals surface area (Å²) in [6, 6.07) is 7.40. The molecular weight excluding hydrogens is 376 g/mol. The summed E-state index contributed by atoms with van der Waals surface area (Å²) in [4.78, 5) is 40.4. The van der Waals surface area contributed by atoms with E-state index in [1.807, 2.05) is 31.2 Å². The Bertz CT molecular complexity index is 769. The van der Waals surface area contributed by atoms with Crippen LogP contribution in [-0.4, -0.2) is 52.6 Å². The first-order valence-electron chi connectivity index (χ1n) is 9.77. The van der Waals surface area contributed by atoms with Crippen LogP contribution < -0.4 is 4.74 Å². The third-order valence-electron chi connectivity index (χ3n) is 4.97. The summed E-state index contributed by atoms with van der Waals surface area (Å²) in [5.74, 6) is 0.210. The number of thioether (sulfide) groups is 1. The Labute approximate surface area is 169 Å². The minimum absolute atomic E-state index is 0.139. The van der Waals surface area contributed by atoms with E-state index in [9.17, 15) is 14.4 Å². The number of nitrogens with zero attached hydrogens (tertiary/aromatic N) is 2. The Balaban J connectivity index is 1.64. The molecule has 2 heterocycles. The van der Waals surface area contributed by atoms with Crippen LogP contribution in [-0.2, 0) is 9.59 Å². The van der Waals surface area contributed by atoms with Crippen molar-refractivity contribution in [1.29, 1.82) is 0 Å². The van der Waals surface area contributed by atoms with Gasteiger partial charge in [-0.3, -0.25) is 19.3 Å². The van der Waals surface area contributed by atoms with Crippen LogP contribution in [0.15, 0.2) is 29.2 Å². The standard InChI is InChI=1S/C21H26N2O4S/c1-3-15(2)27-17-9-7-16(8-10-17)13-18-20(25)23(21(26)28-18)14-19(24)22-11-5-4-6-12-22/h7-10,13,15H,3-6,11-12,14H2,1-2H3/b18-13-/t15-/m0/s1. The van der Waals surface area contributed by atoms with Crippen LogP contribution in [0.4, 0.5) is 4.79 Å². The number of likely N-dealkylation sites (tertiary alicyclic amines) is 1. The van der Waals surface area contributed by atoms with Crippen LogP contribution in [0.2, 0.25) is 0 Å². The maximum absolute atomic E-state index is 12.6. The maximum Gasteiger partial charge on any atom is 0.294 e. The van der Waals surface area contributed by atoms with Crippen molar-refractivity contribution in [2.75, 3.05) is 19.6 Å². The molecule has 0 N–H and O–H groups in total. The molecule has 7 heteroatoms. The number of piperidine rings is 1. The molecule has 150 valence electrons. The molecule has 1 atom stereocenters. The van der Waals surface area contributed by atoms with Gasteiger partial charge in [0.05, 0.1) is 11.0 Å². The van der Waals surface area contributed by atoms with Crippen molar-refractivity contribution in [2.24, 2.45) is 0 Å². The summed E-state index contributed by atoms with van der Waals surface area (Å²) in [6.45, 7) is 5.30. The average Bonchev–Trinajstić information content (AvgIpc) is 2.97. The number of imide groups is 1. The first-order chi connectivity index (χ1) is 13.5. The smallest absolute Gasteiger partial charge is 0.294 e. The molecule has 0 aliphatic carbocycles. The Morgan fingerprint density at radius 1 is 1.18 bits per heavy atom. The molecule has 3 amide bonds. The lowest BCUT2D eigenvalue weighted by Gasteiger charge is -2.27. The quantitative estimate of drug-likeness (QED) is 0.675. The van der Waals surface area contributed by atoms with Crippen LogP contribution in [0.5, 0.6) is 5.75 Å². The highest BCUT2D eigenvalue weighted by atomic mass is 32.2. The van der Waals surface area contributed by atoms with Gasteiger partial charge in [-0.05, 0) is 68.1 Å². The minimum Gasteiger partial charge on any atom is -0.491 e. The van der Waals surface area contributed by atoms with Crippen LogP contribution in [0.25, 0.3) is 6.08 Å². The fourth-order valence-electron chi connectivity index (χ4n) is 3.12. The molecule has 0 aromatic heterocycles. The highest BCUT2D eigenvalue weighted by molar-refractivity contribution is 8.18. The summed E-state index contributed by atoms with van der Waals surface area (Å²) in [5, 5.41) is -0.390. The molecule has 28 heavy (non-hydrogen) atoms. The number of benzene rings is 1. The highest BCUT2D eigenvalue weighted by Gasteiger charge is 2.37. The van der Waals surface area contributed by atoms with Gasteiger partial charge in [0.15, 0.2) is 0 Å². The Kier molecular flexibility index (Phi) is 6.78. The minimum atomic E-state index is -0.403. The van der Waals surface area contributed by atoms with Gasteiger partial charge in [-0.25, -0.2) is 0 Å². The molecule has 0 bridgehead atoms. The molecule has 1 aromatic rings. The van der Waals surface area contributed by atoms with Gasteiger partial charge in [0.1, 0.15) is 12.3 Å². The molecule has 1 aromatic carbocycles. The lowest BCUT2D eigenvalue weighted by molar-refractivity contribution is -0.136. The maximum atomic E-state index is 12.6. The monoisotopic (exact) mass is 402 g/mol. The lowest BCUT2D eigenvalue weighted by Crippen LogP contribution is -2.44. The predicted molar refractivity (Wildman–Crippen MR) is 110 cm³/mol. The number of hydrogen-bond acceptors (Lipinski definition) is 5. The second-order valence-electron chi connectivity index (χ2n) is 7.12. The molecule has 0 unspecified atom stereocenters. The van der Waals surface area contributed by atoms with Crippen molar-refractivity contribution in [2.45, 2.75) is 45.6 Å². The second kappa shape index (κ2) is 9.28. The fourth-order valence-corrected chi connectivity index (χ4v) is 3.96. The van der Waals surface area contributed by atoms with Crippen molar-refractivity contribution in [3.63, 3.8) is 0 Å². The van der Waals surface area contributed by atoms with Crippen LogP contribution in [0, 0.1) is 0 Å². The van der Waals surface area contributed by atoms with E-state index in [2.05, 4.69) is 6.92 Å². The summed E-state index contributed by atoms with van der Waals surface area (Å²) in [5.41, 5.74) is 0.810. The van der Waals surface area contributed by atoms with Gasteiger partial charge in [0.25, 0.3) is 11.1 Å². The van der Waals surface area contributed by atoms with Crippen molar-refractivity contribution in [1.82, 2.24) is 9.80 Å². The third-order valence-corrected chi connectivity index (χ3v) is 5.87. The van der Waals surface area contributed by atoms with Crippen molar-refractivity contribution in [3.05, 3.63) is 34.7 Å². The summed E-state index contributed by atoms with van der Waals surface area (Å²) in [6.07, 6.45) is 5.82. The molecule has 0 spiro atoms. The van der Waals surface area contributed by atoms with E-state index in [1.165, 1.54) is 0 Å². The molecular formula is C21H26N2O4S. The predicted octanol–water partition coefficient (Wildman–Crippen LogP) is 3.91. The molecule has 2 fully saturated rings. The lowest BCUT2D eigenvalue weighted by atomic mass is 10.1. The molecule has 0 saturated carbocycles. The van der Waals surface area contributed by atoms with E-state index in [0.29, 0.717) is 18.0 Å². The number of rotatable bonds is 6. The van der Waals surface area contributed by atoms with Crippen LogP contribution >= 0.6 is 11.8 Å². The summed E-state index contributed by atoms with van der Waals surface area (Å²) in [7, 11) is 0. The van der Waals surface area contributed by atoms with Gasteiger partial charge in [0, 0.05) is 13.1 Å². The zero-order valence-corrected chi connectivity index (χ0v) is 17.2. The van der Waals surface area contributed by atoms with Gasteiger partial charge >= 0.3 is 0 Å². The number of carbonyl (C=O) groups excluding carboxylic acids is 3. The first-order valence-corrected chi connectivity index (χ1v) is 10.6. The van der Waals surface area contributed by atoms with Gasteiger partial charge in [-0.1, -0.05) is 19.1 Å². The zero-order valence-electron chi connectivity index (χ0n) is 16.3. The van der Waals surface area contributed by atoms with Gasteiger partial charge in [0.2, 0.25) is 5.91 Å². The van der Waals surface area contributed by atoms with Gasteiger partial charge < -0.3 is 9.64 Å². The van der Waals surface area contributed by atoms with E-state index in [4.69, 9.17) is 4.74 Å². The topological polar surface area (TPSA) is 66.9 Å².